The number of rotatable bonds is 4. The van der Waals surface area contributed by atoms with Crippen molar-refractivity contribution in [2.45, 2.75) is 13.8 Å². The molecule has 0 spiro atoms. The van der Waals surface area contributed by atoms with Crippen molar-refractivity contribution in [2.75, 3.05) is 0 Å². The van der Waals surface area contributed by atoms with Crippen LogP contribution in [0.4, 0.5) is 0 Å². The number of benzene rings is 4. The van der Waals surface area contributed by atoms with Gasteiger partial charge in [0.05, 0.1) is 28.1 Å². The summed E-state index contributed by atoms with van der Waals surface area (Å²) in [6, 6.07) is 41.5. The van der Waals surface area contributed by atoms with Crippen LogP contribution in [0.2, 0.25) is 0 Å². The first-order valence-electron chi connectivity index (χ1n) is 13.4. The van der Waals surface area contributed by atoms with Crippen LogP contribution in [0.25, 0.3) is 67.0 Å². The van der Waals surface area contributed by atoms with Crippen molar-refractivity contribution in [2.24, 2.45) is 0 Å². The van der Waals surface area contributed by atoms with Crippen molar-refractivity contribution in [1.82, 2.24) is 19.9 Å². The Bertz CT molecular complexity index is 1960. The van der Waals surface area contributed by atoms with Gasteiger partial charge < -0.3 is 0 Å². The molecule has 7 aromatic rings. The number of aryl methyl sites for hydroxylation is 2. The molecule has 0 saturated carbocycles. The Hall–Kier alpha value is -5.22. The Kier molecular flexibility index (Phi) is 5.86. The average Bonchev–Trinajstić information content (AvgIpc) is 3.01. The van der Waals surface area contributed by atoms with E-state index in [0.717, 1.165) is 66.8 Å². The van der Waals surface area contributed by atoms with Crippen molar-refractivity contribution in [3.63, 3.8) is 0 Å². The Morgan fingerprint density at radius 3 is 1.75 bits per heavy atom. The van der Waals surface area contributed by atoms with E-state index < -0.39 is 0 Å². The quantitative estimate of drug-likeness (QED) is 0.220. The predicted molar refractivity (Wildman–Crippen MR) is 164 cm³/mol. The first-order valence-corrected chi connectivity index (χ1v) is 13.4. The van der Waals surface area contributed by atoms with Crippen molar-refractivity contribution < 1.29 is 0 Å². The van der Waals surface area contributed by atoms with Crippen molar-refractivity contribution in [3.8, 4) is 45.2 Å². The zero-order valence-electron chi connectivity index (χ0n) is 22.3. The molecule has 0 aliphatic heterocycles. The highest BCUT2D eigenvalue weighted by molar-refractivity contribution is 6.04. The summed E-state index contributed by atoms with van der Waals surface area (Å²) in [7, 11) is 0. The van der Waals surface area contributed by atoms with Gasteiger partial charge in [-0.3, -0.25) is 4.98 Å². The number of hydrogen-bond acceptors (Lipinski definition) is 4. The first kappa shape index (κ1) is 23.9. The van der Waals surface area contributed by atoms with Crippen molar-refractivity contribution in [1.29, 1.82) is 0 Å². The molecular formula is C36H26N4. The highest BCUT2D eigenvalue weighted by atomic mass is 14.9. The van der Waals surface area contributed by atoms with Crippen LogP contribution in [0.5, 0.6) is 0 Å². The maximum atomic E-state index is 5.12. The minimum absolute atomic E-state index is 0.682. The highest BCUT2D eigenvalue weighted by Gasteiger charge is 2.13. The van der Waals surface area contributed by atoms with E-state index in [1.807, 2.05) is 49.4 Å². The number of hydrogen-bond donors (Lipinski definition) is 0. The molecule has 3 heterocycles. The zero-order chi connectivity index (χ0) is 27.1. The second-order valence-corrected chi connectivity index (χ2v) is 10.1. The van der Waals surface area contributed by atoms with Crippen LogP contribution in [0.15, 0.2) is 121 Å². The van der Waals surface area contributed by atoms with Gasteiger partial charge in [0.25, 0.3) is 0 Å². The van der Waals surface area contributed by atoms with E-state index in [-0.39, 0.29) is 0 Å². The maximum Gasteiger partial charge on any atom is 0.160 e. The molecule has 0 amide bonds. The Morgan fingerprint density at radius 2 is 1.05 bits per heavy atom. The second kappa shape index (κ2) is 9.83. The summed E-state index contributed by atoms with van der Waals surface area (Å²) in [5.74, 6) is 0.682. The van der Waals surface area contributed by atoms with Gasteiger partial charge in [-0.15, -0.1) is 0 Å². The van der Waals surface area contributed by atoms with Crippen molar-refractivity contribution >= 4 is 21.8 Å². The zero-order valence-corrected chi connectivity index (χ0v) is 22.3. The number of nitrogens with zero attached hydrogens (tertiary/aromatic N) is 4. The molecule has 4 aromatic carbocycles. The molecule has 0 atom stereocenters. The summed E-state index contributed by atoms with van der Waals surface area (Å²) in [5, 5.41) is 2.22. The van der Waals surface area contributed by atoms with Gasteiger partial charge in [-0.05, 0) is 43.7 Å². The van der Waals surface area contributed by atoms with Crippen LogP contribution < -0.4 is 0 Å². The molecule has 0 saturated heterocycles. The van der Waals surface area contributed by atoms with Crippen LogP contribution in [-0.4, -0.2) is 19.9 Å². The van der Waals surface area contributed by atoms with Gasteiger partial charge in [0.1, 0.15) is 0 Å². The monoisotopic (exact) mass is 514 g/mol. The summed E-state index contributed by atoms with van der Waals surface area (Å²) in [6.07, 6.45) is 0. The Morgan fingerprint density at radius 1 is 0.425 bits per heavy atom. The van der Waals surface area contributed by atoms with Crippen LogP contribution in [0.3, 0.4) is 0 Å². The van der Waals surface area contributed by atoms with E-state index in [0.29, 0.717) is 5.82 Å². The summed E-state index contributed by atoms with van der Waals surface area (Å²) < 4.78 is 0. The largest absolute Gasteiger partial charge is 0.251 e. The summed E-state index contributed by atoms with van der Waals surface area (Å²) in [4.78, 5) is 20.0. The molecule has 0 bridgehead atoms. The van der Waals surface area contributed by atoms with E-state index in [1.165, 1.54) is 5.56 Å². The Balaban J connectivity index is 1.37. The smallest absolute Gasteiger partial charge is 0.160 e. The summed E-state index contributed by atoms with van der Waals surface area (Å²) >= 11 is 0. The molecular weight excluding hydrogens is 488 g/mol. The number of aromatic nitrogens is 4. The maximum absolute atomic E-state index is 5.12. The normalized spacial score (nSPS) is 11.2. The molecule has 4 nitrogen and oxygen atoms in total. The highest BCUT2D eigenvalue weighted by Crippen LogP contribution is 2.31. The lowest BCUT2D eigenvalue weighted by Gasteiger charge is -2.11. The van der Waals surface area contributed by atoms with Crippen LogP contribution in [0.1, 0.15) is 11.3 Å². The Labute approximate surface area is 233 Å². The summed E-state index contributed by atoms with van der Waals surface area (Å²) in [5.41, 5.74) is 10.8. The van der Waals surface area contributed by atoms with Gasteiger partial charge in [-0.1, -0.05) is 97.1 Å². The minimum Gasteiger partial charge on any atom is -0.251 e. The van der Waals surface area contributed by atoms with Gasteiger partial charge in [-0.25, -0.2) is 15.0 Å². The van der Waals surface area contributed by atoms with Crippen LogP contribution in [0, 0.1) is 13.8 Å². The van der Waals surface area contributed by atoms with Gasteiger partial charge in [0, 0.05) is 38.7 Å². The summed E-state index contributed by atoms with van der Waals surface area (Å²) in [6.45, 7) is 4.16. The average molecular weight is 515 g/mol. The van der Waals surface area contributed by atoms with Gasteiger partial charge >= 0.3 is 0 Å². The number of pyridine rings is 2. The molecule has 190 valence electrons. The molecule has 7 rings (SSSR count). The SMILES string of the molecule is Cc1cc(C)c2ccc3ccc(-c4cccc(-c5nc(-c6ccccc6)cc(-c6ccccc6)n5)c4)nc3c2n1. The number of fused-ring (bicyclic) bond motifs is 3. The molecule has 4 heteroatoms. The molecule has 0 N–H and O–H groups in total. The topological polar surface area (TPSA) is 51.6 Å². The minimum atomic E-state index is 0.682. The molecule has 0 unspecified atom stereocenters. The predicted octanol–water partition coefficient (Wildman–Crippen LogP) is 8.86. The van der Waals surface area contributed by atoms with Gasteiger partial charge in [0.15, 0.2) is 5.82 Å². The first-order chi connectivity index (χ1) is 19.6. The third-order valence-electron chi connectivity index (χ3n) is 7.26. The molecule has 0 aliphatic rings. The second-order valence-electron chi connectivity index (χ2n) is 10.1. The van der Waals surface area contributed by atoms with E-state index in [4.69, 9.17) is 19.9 Å². The molecule has 0 fully saturated rings. The lowest BCUT2D eigenvalue weighted by atomic mass is 10.0. The van der Waals surface area contributed by atoms with Crippen LogP contribution in [-0.2, 0) is 0 Å². The fraction of sp³-hybridized carbons (Fsp3) is 0.0556. The molecule has 3 aromatic heterocycles. The van der Waals surface area contributed by atoms with Crippen LogP contribution >= 0.6 is 0 Å². The lowest BCUT2D eigenvalue weighted by molar-refractivity contribution is 1.18. The van der Waals surface area contributed by atoms with E-state index in [1.54, 1.807) is 0 Å². The van der Waals surface area contributed by atoms with E-state index in [9.17, 15) is 0 Å². The third-order valence-corrected chi connectivity index (χ3v) is 7.26. The molecule has 40 heavy (non-hydrogen) atoms. The standard InChI is InChI=1S/C36H26N4/c1-23-20-24(2)37-35-30(23)18-16-27-17-19-31(38-34(27)35)28-14-9-15-29(21-28)36-39-32(25-10-5-3-6-11-25)22-33(40-36)26-12-7-4-8-13-26/h3-22H,1-2H3. The van der Waals surface area contributed by atoms with Gasteiger partial charge in [0.2, 0.25) is 0 Å². The molecule has 0 radical (unpaired) electrons. The van der Waals surface area contributed by atoms with Gasteiger partial charge in [-0.2, -0.15) is 0 Å². The fourth-order valence-electron chi connectivity index (χ4n) is 5.27. The molecule has 0 aliphatic carbocycles. The lowest BCUT2D eigenvalue weighted by Crippen LogP contribution is -1.96. The fourth-order valence-corrected chi connectivity index (χ4v) is 5.27. The van der Waals surface area contributed by atoms with Crippen molar-refractivity contribution in [3.05, 3.63) is 133 Å². The van der Waals surface area contributed by atoms with E-state index >= 15 is 0 Å². The third kappa shape index (κ3) is 4.40. The van der Waals surface area contributed by atoms with E-state index in [2.05, 4.69) is 85.8 Å².